The summed E-state index contributed by atoms with van der Waals surface area (Å²) < 4.78 is 10.3. The molecule has 0 aromatic carbocycles. The molecule has 3 nitrogen and oxygen atoms in total. The van der Waals surface area contributed by atoms with Crippen LogP contribution in [-0.4, -0.2) is 33.1 Å². The van der Waals surface area contributed by atoms with Crippen molar-refractivity contribution < 1.29 is 9.47 Å². The lowest BCUT2D eigenvalue weighted by molar-refractivity contribution is -0.101. The summed E-state index contributed by atoms with van der Waals surface area (Å²) in [6, 6.07) is 0.643. The highest BCUT2D eigenvalue weighted by Gasteiger charge is 2.24. The van der Waals surface area contributed by atoms with Gasteiger partial charge in [0.15, 0.2) is 6.29 Å². The molecule has 0 amide bonds. The molecule has 0 aromatic heterocycles. The van der Waals surface area contributed by atoms with Gasteiger partial charge in [-0.3, -0.25) is 0 Å². The smallest absolute Gasteiger partial charge is 0.169 e. The van der Waals surface area contributed by atoms with E-state index in [1.54, 1.807) is 14.2 Å². The number of hydrogen-bond acceptors (Lipinski definition) is 3. The van der Waals surface area contributed by atoms with Crippen LogP contribution in [0.5, 0.6) is 0 Å². The molecule has 15 heavy (non-hydrogen) atoms. The van der Waals surface area contributed by atoms with Gasteiger partial charge in [-0.1, -0.05) is 13.8 Å². The van der Waals surface area contributed by atoms with Crippen LogP contribution in [0.25, 0.3) is 0 Å². The lowest BCUT2D eigenvalue weighted by atomic mass is 9.79. The minimum Gasteiger partial charge on any atom is -0.355 e. The van der Waals surface area contributed by atoms with Gasteiger partial charge in [0.05, 0.1) is 0 Å². The van der Waals surface area contributed by atoms with Gasteiger partial charge >= 0.3 is 0 Å². The molecule has 90 valence electrons. The van der Waals surface area contributed by atoms with E-state index in [4.69, 9.17) is 9.47 Å². The van der Waals surface area contributed by atoms with Crippen LogP contribution in [0.2, 0.25) is 0 Å². The zero-order valence-electron chi connectivity index (χ0n) is 10.5. The molecule has 0 heterocycles. The minimum atomic E-state index is -0.111. The fraction of sp³-hybridized carbons (Fsp3) is 1.00. The van der Waals surface area contributed by atoms with Gasteiger partial charge in [0.2, 0.25) is 0 Å². The van der Waals surface area contributed by atoms with Gasteiger partial charge < -0.3 is 14.8 Å². The van der Waals surface area contributed by atoms with Gasteiger partial charge in [0.1, 0.15) is 0 Å². The van der Waals surface area contributed by atoms with Gasteiger partial charge in [0, 0.05) is 26.8 Å². The second-order valence-corrected chi connectivity index (χ2v) is 4.77. The SMILES string of the molecule is COC(CNC1CCC(C)C(C)C1)OC. The predicted octanol–water partition coefficient (Wildman–Crippen LogP) is 2.02. The number of hydrogen-bond donors (Lipinski definition) is 1. The van der Waals surface area contributed by atoms with Gasteiger partial charge in [-0.2, -0.15) is 0 Å². The third kappa shape index (κ3) is 4.09. The highest BCUT2D eigenvalue weighted by atomic mass is 16.7. The summed E-state index contributed by atoms with van der Waals surface area (Å²) in [5, 5.41) is 3.52. The summed E-state index contributed by atoms with van der Waals surface area (Å²) in [4.78, 5) is 0. The minimum absolute atomic E-state index is 0.111. The first-order chi connectivity index (χ1) is 7.17. The molecule has 1 aliphatic rings. The van der Waals surface area contributed by atoms with Crippen molar-refractivity contribution in [3.8, 4) is 0 Å². The number of nitrogens with one attached hydrogen (secondary N) is 1. The van der Waals surface area contributed by atoms with Gasteiger partial charge in [0.25, 0.3) is 0 Å². The van der Waals surface area contributed by atoms with Crippen LogP contribution < -0.4 is 5.32 Å². The highest BCUT2D eigenvalue weighted by Crippen LogP contribution is 2.29. The Morgan fingerprint density at radius 1 is 1.13 bits per heavy atom. The van der Waals surface area contributed by atoms with E-state index in [9.17, 15) is 0 Å². The zero-order valence-corrected chi connectivity index (χ0v) is 10.5. The van der Waals surface area contributed by atoms with Crippen LogP contribution in [0, 0.1) is 11.8 Å². The van der Waals surface area contributed by atoms with Gasteiger partial charge in [-0.15, -0.1) is 0 Å². The summed E-state index contributed by atoms with van der Waals surface area (Å²) in [5.41, 5.74) is 0. The first kappa shape index (κ1) is 12.9. The Kier molecular flexibility index (Phi) is 5.58. The van der Waals surface area contributed by atoms with Crippen molar-refractivity contribution >= 4 is 0 Å². The van der Waals surface area contributed by atoms with Crippen molar-refractivity contribution in [3.05, 3.63) is 0 Å². The average Bonchev–Trinajstić information content (AvgIpc) is 2.24. The van der Waals surface area contributed by atoms with E-state index >= 15 is 0 Å². The molecule has 0 bridgehead atoms. The molecular weight excluding hydrogens is 190 g/mol. The quantitative estimate of drug-likeness (QED) is 0.712. The standard InChI is InChI=1S/C12H25NO2/c1-9-5-6-11(7-10(9)2)13-8-12(14-3)15-4/h9-13H,5-8H2,1-4H3. The monoisotopic (exact) mass is 215 g/mol. The maximum atomic E-state index is 5.15. The number of methoxy groups -OCH3 is 2. The molecule has 1 saturated carbocycles. The maximum Gasteiger partial charge on any atom is 0.169 e. The lowest BCUT2D eigenvalue weighted by Crippen LogP contribution is -2.41. The van der Waals surface area contributed by atoms with Crippen LogP contribution >= 0.6 is 0 Å². The number of ether oxygens (including phenoxy) is 2. The summed E-state index contributed by atoms with van der Waals surface area (Å²) in [6.07, 6.45) is 3.79. The summed E-state index contributed by atoms with van der Waals surface area (Å²) in [5.74, 6) is 1.71. The molecule has 0 spiro atoms. The van der Waals surface area contributed by atoms with Crippen LogP contribution in [0.1, 0.15) is 33.1 Å². The third-order valence-electron chi connectivity index (χ3n) is 3.70. The molecule has 3 unspecified atom stereocenters. The van der Waals surface area contributed by atoms with Crippen molar-refractivity contribution in [3.63, 3.8) is 0 Å². The highest BCUT2D eigenvalue weighted by molar-refractivity contribution is 4.79. The molecule has 3 heteroatoms. The van der Waals surface area contributed by atoms with Crippen LogP contribution in [0.4, 0.5) is 0 Å². The van der Waals surface area contributed by atoms with Crippen LogP contribution in [-0.2, 0) is 9.47 Å². The van der Waals surface area contributed by atoms with E-state index in [1.807, 2.05) is 0 Å². The zero-order chi connectivity index (χ0) is 11.3. The average molecular weight is 215 g/mol. The van der Waals surface area contributed by atoms with E-state index in [1.165, 1.54) is 19.3 Å². The van der Waals surface area contributed by atoms with Gasteiger partial charge in [-0.05, 0) is 31.1 Å². The molecule has 1 N–H and O–H groups in total. The molecule has 1 rings (SSSR count). The second kappa shape index (κ2) is 6.46. The van der Waals surface area contributed by atoms with Crippen molar-refractivity contribution in [2.45, 2.75) is 45.4 Å². The van der Waals surface area contributed by atoms with E-state index in [-0.39, 0.29) is 6.29 Å². The van der Waals surface area contributed by atoms with E-state index in [0.29, 0.717) is 6.04 Å². The second-order valence-electron chi connectivity index (χ2n) is 4.77. The fourth-order valence-corrected chi connectivity index (χ4v) is 2.26. The topological polar surface area (TPSA) is 30.5 Å². The Hall–Kier alpha value is -0.120. The number of rotatable bonds is 5. The van der Waals surface area contributed by atoms with E-state index in [0.717, 1.165) is 18.4 Å². The Labute approximate surface area is 93.5 Å². The Morgan fingerprint density at radius 3 is 2.33 bits per heavy atom. The predicted molar refractivity (Wildman–Crippen MR) is 61.8 cm³/mol. The molecule has 0 aliphatic heterocycles. The van der Waals surface area contributed by atoms with Crippen molar-refractivity contribution in [1.29, 1.82) is 0 Å². The third-order valence-corrected chi connectivity index (χ3v) is 3.70. The Bertz CT molecular complexity index is 171. The summed E-state index contributed by atoms with van der Waals surface area (Å²) in [6.45, 7) is 5.50. The molecule has 1 fully saturated rings. The molecule has 0 saturated heterocycles. The van der Waals surface area contributed by atoms with Crippen molar-refractivity contribution in [2.24, 2.45) is 11.8 Å². The largest absolute Gasteiger partial charge is 0.355 e. The van der Waals surface area contributed by atoms with Crippen LogP contribution in [0.3, 0.4) is 0 Å². The molecule has 3 atom stereocenters. The van der Waals surface area contributed by atoms with Crippen molar-refractivity contribution in [1.82, 2.24) is 5.32 Å². The van der Waals surface area contributed by atoms with E-state index < -0.39 is 0 Å². The van der Waals surface area contributed by atoms with Crippen LogP contribution in [0.15, 0.2) is 0 Å². The summed E-state index contributed by atoms with van der Waals surface area (Å²) in [7, 11) is 3.36. The normalized spacial score (nSPS) is 32.2. The lowest BCUT2D eigenvalue weighted by Gasteiger charge is -2.33. The molecule has 1 aliphatic carbocycles. The first-order valence-corrected chi connectivity index (χ1v) is 5.96. The molecule has 0 radical (unpaired) electrons. The van der Waals surface area contributed by atoms with Crippen molar-refractivity contribution in [2.75, 3.05) is 20.8 Å². The first-order valence-electron chi connectivity index (χ1n) is 5.96. The Morgan fingerprint density at radius 2 is 1.80 bits per heavy atom. The Balaban J connectivity index is 2.22. The summed E-state index contributed by atoms with van der Waals surface area (Å²) >= 11 is 0. The molecular formula is C12H25NO2. The maximum absolute atomic E-state index is 5.15. The van der Waals surface area contributed by atoms with Gasteiger partial charge in [-0.25, -0.2) is 0 Å². The molecule has 0 aromatic rings. The fourth-order valence-electron chi connectivity index (χ4n) is 2.26. The van der Waals surface area contributed by atoms with E-state index in [2.05, 4.69) is 19.2 Å².